The van der Waals surface area contributed by atoms with E-state index in [1.807, 2.05) is 35.2 Å². The Bertz CT molecular complexity index is 970. The van der Waals surface area contributed by atoms with Crippen molar-refractivity contribution in [3.8, 4) is 0 Å². The first-order chi connectivity index (χ1) is 12.9. The monoisotopic (exact) mass is 367 g/mol. The Morgan fingerprint density at radius 1 is 1.11 bits per heavy atom. The number of likely N-dealkylation sites (tertiary alicyclic amines) is 1. The Balaban J connectivity index is 1.55. The van der Waals surface area contributed by atoms with Crippen LogP contribution >= 0.6 is 0 Å². The molecule has 2 heterocycles. The summed E-state index contributed by atoms with van der Waals surface area (Å²) in [5.74, 6) is 0.433. The Morgan fingerprint density at radius 3 is 2.44 bits per heavy atom. The predicted molar refractivity (Wildman–Crippen MR) is 103 cm³/mol. The van der Waals surface area contributed by atoms with Crippen LogP contribution in [-0.2, 0) is 17.9 Å². The van der Waals surface area contributed by atoms with Gasteiger partial charge in [0.1, 0.15) is 6.54 Å². The molecule has 2 fully saturated rings. The van der Waals surface area contributed by atoms with Gasteiger partial charge in [0, 0.05) is 30.3 Å². The highest BCUT2D eigenvalue weighted by Gasteiger charge is 2.54. The maximum Gasteiger partial charge on any atom is 0.331 e. The van der Waals surface area contributed by atoms with Crippen molar-refractivity contribution in [1.29, 1.82) is 0 Å². The molecule has 142 valence electrons. The lowest BCUT2D eigenvalue weighted by molar-refractivity contribution is -0.154. The van der Waals surface area contributed by atoms with Gasteiger partial charge in [0.2, 0.25) is 5.91 Å². The third-order valence-electron chi connectivity index (χ3n) is 5.73. The molecule has 4 rings (SSSR count). The molecule has 1 saturated carbocycles. The van der Waals surface area contributed by atoms with Crippen molar-refractivity contribution in [2.45, 2.75) is 45.8 Å². The molecule has 1 aliphatic carbocycles. The predicted octanol–water partition coefficient (Wildman–Crippen LogP) is 1.71. The summed E-state index contributed by atoms with van der Waals surface area (Å²) in [6.07, 6.45) is 3.82. The van der Waals surface area contributed by atoms with E-state index in [4.69, 9.17) is 0 Å². The van der Waals surface area contributed by atoms with E-state index in [0.29, 0.717) is 19.0 Å². The Hall–Kier alpha value is -2.63. The highest BCUT2D eigenvalue weighted by atomic mass is 16.2. The molecule has 0 N–H and O–H groups in total. The van der Waals surface area contributed by atoms with Gasteiger partial charge in [-0.15, -0.1) is 0 Å². The summed E-state index contributed by atoms with van der Waals surface area (Å²) in [7, 11) is 0. The molecule has 1 aromatic heterocycles. The van der Waals surface area contributed by atoms with Crippen LogP contribution in [-0.4, -0.2) is 32.5 Å². The average Bonchev–Trinajstić information content (AvgIpc) is 3.44. The van der Waals surface area contributed by atoms with Crippen LogP contribution in [0.25, 0.3) is 0 Å². The zero-order valence-electron chi connectivity index (χ0n) is 15.8. The molecule has 1 atom stereocenters. The minimum Gasteiger partial charge on any atom is -0.337 e. The van der Waals surface area contributed by atoms with Crippen LogP contribution in [0.2, 0.25) is 0 Å². The fourth-order valence-corrected chi connectivity index (χ4v) is 4.32. The van der Waals surface area contributed by atoms with Crippen molar-refractivity contribution in [3.63, 3.8) is 0 Å². The first-order valence-electron chi connectivity index (χ1n) is 9.50. The van der Waals surface area contributed by atoms with Crippen molar-refractivity contribution in [2.75, 3.05) is 6.54 Å². The molecule has 0 bridgehead atoms. The van der Waals surface area contributed by atoms with E-state index in [0.717, 1.165) is 23.0 Å². The van der Waals surface area contributed by atoms with Crippen LogP contribution in [0.3, 0.4) is 0 Å². The largest absolute Gasteiger partial charge is 0.337 e. The molecule has 6 nitrogen and oxygen atoms in total. The summed E-state index contributed by atoms with van der Waals surface area (Å²) in [6, 6.07) is 11.2. The smallest absolute Gasteiger partial charge is 0.331 e. The number of hydrogen-bond donors (Lipinski definition) is 0. The van der Waals surface area contributed by atoms with E-state index in [9.17, 15) is 14.4 Å². The molecule has 1 amide bonds. The quantitative estimate of drug-likeness (QED) is 0.808. The lowest BCUT2D eigenvalue weighted by Crippen LogP contribution is -2.65. The number of rotatable bonds is 5. The van der Waals surface area contributed by atoms with E-state index < -0.39 is 11.2 Å². The van der Waals surface area contributed by atoms with Gasteiger partial charge in [-0.25, -0.2) is 4.79 Å². The van der Waals surface area contributed by atoms with Gasteiger partial charge in [-0.1, -0.05) is 44.2 Å². The van der Waals surface area contributed by atoms with Gasteiger partial charge in [0.25, 0.3) is 5.56 Å². The summed E-state index contributed by atoms with van der Waals surface area (Å²) in [6.45, 7) is 5.23. The number of carbonyl (C=O) groups excluding carboxylic acids is 1. The van der Waals surface area contributed by atoms with Crippen molar-refractivity contribution in [2.24, 2.45) is 11.3 Å². The summed E-state index contributed by atoms with van der Waals surface area (Å²) in [5.41, 5.74) is 0.212. The van der Waals surface area contributed by atoms with E-state index >= 15 is 0 Å². The molecule has 0 spiro atoms. The lowest BCUT2D eigenvalue weighted by Gasteiger charge is -2.55. The number of nitrogens with zero attached hydrogens (tertiary/aromatic N) is 3. The minimum absolute atomic E-state index is 0.117. The van der Waals surface area contributed by atoms with Gasteiger partial charge < -0.3 is 4.90 Å². The molecule has 27 heavy (non-hydrogen) atoms. The van der Waals surface area contributed by atoms with Crippen LogP contribution in [0, 0.1) is 11.3 Å². The number of carbonyl (C=O) groups is 1. The molecule has 1 unspecified atom stereocenters. The molecule has 2 aromatic rings. The maximum absolute atomic E-state index is 12.8. The molecular weight excluding hydrogens is 342 g/mol. The van der Waals surface area contributed by atoms with E-state index in [-0.39, 0.29) is 23.9 Å². The Kier molecular flexibility index (Phi) is 4.29. The normalized spacial score (nSPS) is 21.0. The van der Waals surface area contributed by atoms with Gasteiger partial charge in [0.15, 0.2) is 0 Å². The van der Waals surface area contributed by atoms with Gasteiger partial charge in [-0.3, -0.25) is 18.7 Å². The van der Waals surface area contributed by atoms with Crippen LogP contribution < -0.4 is 11.2 Å². The summed E-state index contributed by atoms with van der Waals surface area (Å²) >= 11 is 0. The highest BCUT2D eigenvalue weighted by Crippen LogP contribution is 2.50. The van der Waals surface area contributed by atoms with Crippen molar-refractivity contribution in [3.05, 3.63) is 69.0 Å². The second-order valence-corrected chi connectivity index (χ2v) is 8.43. The Labute approximate surface area is 158 Å². The van der Waals surface area contributed by atoms with E-state index in [1.54, 1.807) is 0 Å². The molecule has 1 aromatic carbocycles. The second kappa shape index (κ2) is 6.51. The zero-order chi connectivity index (χ0) is 19.2. The topological polar surface area (TPSA) is 64.3 Å². The van der Waals surface area contributed by atoms with Gasteiger partial charge >= 0.3 is 5.69 Å². The molecule has 2 aliphatic rings. The van der Waals surface area contributed by atoms with E-state index in [1.165, 1.54) is 16.8 Å². The number of benzene rings is 1. The third kappa shape index (κ3) is 3.36. The van der Waals surface area contributed by atoms with Gasteiger partial charge in [-0.2, -0.15) is 0 Å². The lowest BCUT2D eigenvalue weighted by atomic mass is 9.72. The number of amides is 1. The maximum atomic E-state index is 12.8. The third-order valence-corrected chi connectivity index (χ3v) is 5.73. The van der Waals surface area contributed by atoms with E-state index in [2.05, 4.69) is 13.8 Å². The molecule has 0 radical (unpaired) electrons. The fraction of sp³-hybridized carbons (Fsp3) is 0.476. The summed E-state index contributed by atoms with van der Waals surface area (Å²) < 4.78 is 2.53. The first kappa shape index (κ1) is 17.8. The summed E-state index contributed by atoms with van der Waals surface area (Å²) in [5, 5.41) is 0. The molecule has 1 aliphatic heterocycles. The highest BCUT2D eigenvalue weighted by molar-refractivity contribution is 5.77. The second-order valence-electron chi connectivity index (χ2n) is 8.43. The number of aromatic nitrogens is 2. The van der Waals surface area contributed by atoms with Crippen LogP contribution in [0.4, 0.5) is 0 Å². The Morgan fingerprint density at radius 2 is 1.81 bits per heavy atom. The minimum atomic E-state index is -0.442. The zero-order valence-corrected chi connectivity index (χ0v) is 15.8. The van der Waals surface area contributed by atoms with Crippen LogP contribution in [0.1, 0.15) is 32.3 Å². The SMILES string of the molecule is CC1(C)CN(C(=O)Cn2c(=O)ccn(Cc3ccccc3)c2=O)C1C1CC1. The van der Waals surface area contributed by atoms with Crippen LogP contribution in [0.5, 0.6) is 0 Å². The molecular formula is C21H25N3O3. The summed E-state index contributed by atoms with van der Waals surface area (Å²) in [4.78, 5) is 39.7. The fourth-order valence-electron chi connectivity index (χ4n) is 4.32. The molecule has 1 saturated heterocycles. The van der Waals surface area contributed by atoms with Crippen molar-refractivity contribution in [1.82, 2.24) is 14.0 Å². The standard InChI is InChI=1S/C21H25N3O3/c1-21(2)14-24(19(21)16-8-9-16)18(26)13-23-17(25)10-11-22(20(23)27)12-15-6-4-3-5-7-15/h3-7,10-11,16,19H,8-9,12-14H2,1-2H3. The molecule has 6 heteroatoms. The van der Waals surface area contributed by atoms with Gasteiger partial charge in [-0.05, 0) is 24.3 Å². The first-order valence-corrected chi connectivity index (χ1v) is 9.50. The van der Waals surface area contributed by atoms with Crippen LogP contribution in [0.15, 0.2) is 52.2 Å². The average molecular weight is 367 g/mol. The van der Waals surface area contributed by atoms with Crippen molar-refractivity contribution >= 4 is 5.91 Å². The number of hydrogen-bond acceptors (Lipinski definition) is 3. The van der Waals surface area contributed by atoms with Gasteiger partial charge in [0.05, 0.1) is 6.54 Å². The van der Waals surface area contributed by atoms with Crippen molar-refractivity contribution < 1.29 is 4.79 Å².